The van der Waals surface area contributed by atoms with E-state index in [1.807, 2.05) is 4.57 Å². The highest BCUT2D eigenvalue weighted by Crippen LogP contribution is 2.43. The summed E-state index contributed by atoms with van der Waals surface area (Å²) in [5, 5.41) is 10.6. The summed E-state index contributed by atoms with van der Waals surface area (Å²) in [6, 6.07) is 7.85. The Kier molecular flexibility index (Phi) is 5.29. The van der Waals surface area contributed by atoms with Crippen molar-refractivity contribution in [2.24, 2.45) is 0 Å². The van der Waals surface area contributed by atoms with E-state index in [1.165, 1.54) is 18.3 Å². The van der Waals surface area contributed by atoms with Crippen LogP contribution in [0.3, 0.4) is 0 Å². The molecule has 14 heteroatoms. The molecule has 1 amide bonds. The number of pyridine rings is 2. The molecule has 1 aliphatic carbocycles. The first-order valence-corrected chi connectivity index (χ1v) is 10.3. The molecular weight excluding hydrogens is 475 g/mol. The van der Waals surface area contributed by atoms with Gasteiger partial charge in [0.15, 0.2) is 5.82 Å². The minimum absolute atomic E-state index is 0.112. The van der Waals surface area contributed by atoms with Crippen LogP contribution in [0.5, 0.6) is 0 Å². The van der Waals surface area contributed by atoms with E-state index >= 15 is 0 Å². The fourth-order valence-electron chi connectivity index (χ4n) is 3.33. The topological polar surface area (TPSA) is 103 Å². The maximum atomic E-state index is 13.6. The molecule has 1 saturated carbocycles. The lowest BCUT2D eigenvalue weighted by Crippen LogP contribution is -2.33. The van der Waals surface area contributed by atoms with Gasteiger partial charge in [0.2, 0.25) is 0 Å². The highest BCUT2D eigenvalue weighted by atomic mass is 19.4. The third kappa shape index (κ3) is 4.34. The second kappa shape index (κ2) is 8.21. The van der Waals surface area contributed by atoms with Gasteiger partial charge in [-0.25, -0.2) is 9.97 Å². The molecule has 180 valence electrons. The first kappa shape index (κ1) is 22.6. The lowest BCUT2D eigenvalue weighted by molar-refractivity contribution is -0.290. The monoisotopic (exact) mass is 490 g/mol. The molecule has 35 heavy (non-hydrogen) atoms. The van der Waals surface area contributed by atoms with Gasteiger partial charge in [-0.05, 0) is 37.1 Å². The second-order valence-electron chi connectivity index (χ2n) is 7.79. The number of amides is 1. The van der Waals surface area contributed by atoms with Crippen LogP contribution in [-0.2, 0) is 5.92 Å². The van der Waals surface area contributed by atoms with Crippen LogP contribution in [0.2, 0.25) is 0 Å². The zero-order valence-corrected chi connectivity index (χ0v) is 17.6. The standard InChI is InChI=1S/C21H15F5N8O/c22-20(23,21(24,25)26)16-9-33(10-28-16)13-6-7-27-15(8-13)19(35)31-17-3-1-2-14(30-17)18-32-29-11-34(18)12-4-5-12/h1-3,6-12H,4-5H2,(H,30,31,35). The van der Waals surface area contributed by atoms with Crippen molar-refractivity contribution in [1.29, 1.82) is 0 Å². The van der Waals surface area contributed by atoms with Crippen LogP contribution in [0.1, 0.15) is 35.1 Å². The Hall–Kier alpha value is -4.23. The molecule has 1 aliphatic rings. The molecule has 9 nitrogen and oxygen atoms in total. The maximum Gasteiger partial charge on any atom is 0.459 e. The van der Waals surface area contributed by atoms with Gasteiger partial charge in [-0.2, -0.15) is 22.0 Å². The molecule has 0 aliphatic heterocycles. The molecule has 0 atom stereocenters. The molecule has 5 rings (SSSR count). The van der Waals surface area contributed by atoms with Crippen LogP contribution < -0.4 is 5.32 Å². The molecule has 0 saturated heterocycles. The minimum Gasteiger partial charge on any atom is -0.309 e. The largest absolute Gasteiger partial charge is 0.459 e. The molecule has 4 heterocycles. The Bertz CT molecular complexity index is 1390. The third-order valence-electron chi connectivity index (χ3n) is 5.27. The highest BCUT2D eigenvalue weighted by Gasteiger charge is 2.60. The average molecular weight is 490 g/mol. The van der Waals surface area contributed by atoms with Gasteiger partial charge in [0.1, 0.15) is 29.2 Å². The fourth-order valence-corrected chi connectivity index (χ4v) is 3.33. The normalized spacial score (nSPS) is 14.2. The van der Waals surface area contributed by atoms with E-state index in [-0.39, 0.29) is 17.2 Å². The Morgan fingerprint density at radius 2 is 1.86 bits per heavy atom. The minimum atomic E-state index is -5.79. The zero-order chi connectivity index (χ0) is 24.8. The molecule has 1 N–H and O–H groups in total. The number of nitrogens with zero attached hydrogens (tertiary/aromatic N) is 7. The molecule has 4 aromatic rings. The van der Waals surface area contributed by atoms with Crippen LogP contribution in [-0.4, -0.2) is 46.4 Å². The van der Waals surface area contributed by atoms with Crippen molar-refractivity contribution in [3.05, 3.63) is 66.8 Å². The Morgan fingerprint density at radius 1 is 1.06 bits per heavy atom. The summed E-state index contributed by atoms with van der Waals surface area (Å²) in [6.07, 6.45) is 0.447. The number of rotatable bonds is 6. The lowest BCUT2D eigenvalue weighted by Gasteiger charge is -2.16. The third-order valence-corrected chi connectivity index (χ3v) is 5.27. The van der Waals surface area contributed by atoms with Gasteiger partial charge >= 0.3 is 12.1 Å². The van der Waals surface area contributed by atoms with Crippen molar-refractivity contribution < 1.29 is 26.7 Å². The number of hydrogen-bond donors (Lipinski definition) is 1. The summed E-state index contributed by atoms with van der Waals surface area (Å²) < 4.78 is 67.8. The SMILES string of the molecule is O=C(Nc1cccc(-c2nncn2C2CC2)n1)c1cc(-n2cnc(C(F)(F)C(F)(F)F)c2)ccn1. The fraction of sp³-hybridized carbons (Fsp3) is 0.238. The number of carbonyl (C=O) groups is 1. The Morgan fingerprint density at radius 3 is 2.60 bits per heavy atom. The van der Waals surface area contributed by atoms with E-state index in [4.69, 9.17) is 0 Å². The van der Waals surface area contributed by atoms with Crippen LogP contribution in [0.25, 0.3) is 17.2 Å². The first-order chi connectivity index (χ1) is 16.6. The van der Waals surface area contributed by atoms with Crippen LogP contribution in [0, 0.1) is 0 Å². The molecule has 0 aromatic carbocycles. The van der Waals surface area contributed by atoms with Crippen LogP contribution >= 0.6 is 0 Å². The van der Waals surface area contributed by atoms with E-state index in [2.05, 4.69) is 30.5 Å². The summed E-state index contributed by atoms with van der Waals surface area (Å²) in [4.78, 5) is 24.3. The van der Waals surface area contributed by atoms with Gasteiger partial charge in [0.25, 0.3) is 5.91 Å². The average Bonchev–Trinajstić information content (AvgIpc) is 3.33. The Labute approximate surface area is 193 Å². The van der Waals surface area contributed by atoms with Gasteiger partial charge in [-0.3, -0.25) is 9.78 Å². The first-order valence-electron chi connectivity index (χ1n) is 10.3. The molecule has 4 aromatic heterocycles. The summed E-state index contributed by atoms with van der Waals surface area (Å²) in [5.41, 5.74) is -0.965. The van der Waals surface area contributed by atoms with Crippen molar-refractivity contribution in [3.63, 3.8) is 0 Å². The smallest absolute Gasteiger partial charge is 0.309 e. The van der Waals surface area contributed by atoms with Crippen LogP contribution in [0.4, 0.5) is 27.8 Å². The van der Waals surface area contributed by atoms with Crippen LogP contribution in [0.15, 0.2) is 55.4 Å². The van der Waals surface area contributed by atoms with Gasteiger partial charge in [0, 0.05) is 18.4 Å². The number of halogens is 5. The molecule has 0 radical (unpaired) electrons. The van der Waals surface area contributed by atoms with E-state index < -0.39 is 23.7 Å². The van der Waals surface area contributed by atoms with Gasteiger partial charge in [-0.1, -0.05) is 6.07 Å². The van der Waals surface area contributed by atoms with Crippen molar-refractivity contribution >= 4 is 11.7 Å². The van der Waals surface area contributed by atoms with Crippen molar-refractivity contribution in [1.82, 2.24) is 34.3 Å². The van der Waals surface area contributed by atoms with Gasteiger partial charge in [0.05, 0.1) is 12.0 Å². The number of anilines is 1. The molecule has 0 spiro atoms. The van der Waals surface area contributed by atoms with Crippen molar-refractivity contribution in [3.8, 4) is 17.2 Å². The summed E-state index contributed by atoms with van der Waals surface area (Å²) >= 11 is 0. The quantitative estimate of drug-likeness (QED) is 0.407. The van der Waals surface area contributed by atoms with Gasteiger partial charge in [-0.15, -0.1) is 10.2 Å². The van der Waals surface area contributed by atoms with Crippen molar-refractivity contribution in [2.75, 3.05) is 5.32 Å². The predicted molar refractivity (Wildman–Crippen MR) is 111 cm³/mol. The second-order valence-corrected chi connectivity index (χ2v) is 7.79. The van der Waals surface area contributed by atoms with Crippen molar-refractivity contribution in [2.45, 2.75) is 31.0 Å². The van der Waals surface area contributed by atoms with E-state index in [9.17, 15) is 26.7 Å². The number of hydrogen-bond acceptors (Lipinski definition) is 6. The molecular formula is C21H15F5N8O. The molecule has 0 unspecified atom stereocenters. The Balaban J connectivity index is 1.35. The van der Waals surface area contributed by atoms with Gasteiger partial charge < -0.3 is 14.5 Å². The van der Waals surface area contributed by atoms with E-state index in [0.29, 0.717) is 23.8 Å². The summed E-state index contributed by atoms with van der Waals surface area (Å²) in [5.74, 6) is -5.01. The van der Waals surface area contributed by atoms with E-state index in [1.54, 1.807) is 24.5 Å². The number of carbonyl (C=O) groups excluding carboxylic acids is 1. The number of alkyl halides is 5. The number of imidazole rings is 1. The molecule has 1 fully saturated rings. The lowest BCUT2D eigenvalue weighted by atomic mass is 10.2. The number of nitrogens with one attached hydrogen (secondary N) is 1. The summed E-state index contributed by atoms with van der Waals surface area (Å²) in [6.45, 7) is 0. The molecule has 0 bridgehead atoms. The summed E-state index contributed by atoms with van der Waals surface area (Å²) in [7, 11) is 0. The maximum absolute atomic E-state index is 13.6. The highest BCUT2D eigenvalue weighted by molar-refractivity contribution is 6.02. The number of aromatic nitrogens is 7. The predicted octanol–water partition coefficient (Wildman–Crippen LogP) is 4.16. The van der Waals surface area contributed by atoms with E-state index in [0.717, 1.165) is 23.7 Å². The zero-order valence-electron chi connectivity index (χ0n) is 17.6.